The minimum Gasteiger partial charge on any atom is -0.456 e. The summed E-state index contributed by atoms with van der Waals surface area (Å²) in [6, 6.07) is 74.5. The normalized spacial score (nSPS) is 11.8. The lowest BCUT2D eigenvalue weighted by Crippen LogP contribution is -2.09. The van der Waals surface area contributed by atoms with E-state index in [0.717, 1.165) is 44.7 Å². The van der Waals surface area contributed by atoms with Crippen LogP contribution >= 0.6 is 11.3 Å². The van der Waals surface area contributed by atoms with Crippen LogP contribution in [0, 0.1) is 0 Å². The van der Waals surface area contributed by atoms with E-state index in [1.807, 2.05) is 23.5 Å². The van der Waals surface area contributed by atoms with Crippen LogP contribution in [0.15, 0.2) is 211 Å². The molecule has 0 atom stereocenters. The number of para-hydroxylation sites is 3. The average molecular weight is 759 g/mol. The molecule has 0 unspecified atom stereocenters. The summed E-state index contributed by atoms with van der Waals surface area (Å²) in [4.78, 5) is 2.33. The first kappa shape index (κ1) is 32.8. The van der Waals surface area contributed by atoms with Gasteiger partial charge in [0.25, 0.3) is 0 Å². The maximum absolute atomic E-state index is 6.21. The van der Waals surface area contributed by atoms with Crippen LogP contribution < -0.4 is 4.90 Å². The number of benzene rings is 9. The number of thiophene rings is 1. The molecule has 272 valence electrons. The Morgan fingerprint density at radius 2 is 1.02 bits per heavy atom. The van der Waals surface area contributed by atoms with Crippen LogP contribution in [0.2, 0.25) is 0 Å². The van der Waals surface area contributed by atoms with Crippen LogP contribution in [0.5, 0.6) is 0 Å². The molecule has 9 aromatic carbocycles. The maximum Gasteiger partial charge on any atom is 0.135 e. The van der Waals surface area contributed by atoms with E-state index < -0.39 is 0 Å². The number of anilines is 3. The molecule has 0 aliphatic heterocycles. The number of nitrogens with zero attached hydrogens (tertiary/aromatic N) is 2. The Balaban J connectivity index is 1.04. The van der Waals surface area contributed by atoms with Crippen molar-refractivity contribution >= 4 is 92.3 Å². The second-order valence-electron chi connectivity index (χ2n) is 14.9. The fourth-order valence-electron chi connectivity index (χ4n) is 8.88. The summed E-state index contributed by atoms with van der Waals surface area (Å²) in [6.07, 6.45) is 0. The van der Waals surface area contributed by atoms with E-state index in [9.17, 15) is 0 Å². The molecule has 0 N–H and O–H groups in total. The van der Waals surface area contributed by atoms with Crippen molar-refractivity contribution in [2.45, 2.75) is 0 Å². The summed E-state index contributed by atoms with van der Waals surface area (Å²) in [7, 11) is 0. The van der Waals surface area contributed by atoms with Crippen molar-refractivity contribution in [2.75, 3.05) is 4.90 Å². The van der Waals surface area contributed by atoms with Crippen molar-refractivity contribution in [1.82, 2.24) is 4.57 Å². The number of rotatable bonds is 6. The molecule has 0 bridgehead atoms. The minimum atomic E-state index is 0.889. The summed E-state index contributed by atoms with van der Waals surface area (Å²) < 4.78 is 11.2. The second-order valence-corrected chi connectivity index (χ2v) is 16.0. The molecule has 3 heterocycles. The zero-order valence-corrected chi connectivity index (χ0v) is 32.2. The predicted octanol–water partition coefficient (Wildman–Crippen LogP) is 15.9. The van der Waals surface area contributed by atoms with Crippen LogP contribution in [-0.4, -0.2) is 4.57 Å². The smallest absolute Gasteiger partial charge is 0.135 e. The standard InChI is InChI=1S/C54H34N2OS/c1-3-13-35(14-4-1)37-25-29-50-46(31-37)42-17-7-10-20-49(42)56(50)41-33-45(54-48(34-41)44-19-9-12-22-53(44)58-54)36-23-26-39(27-24-36)55(38-15-5-2-6-16-38)40-28-30-52-47(32-40)43-18-8-11-21-51(43)57-52/h1-34H. The van der Waals surface area contributed by atoms with E-state index >= 15 is 0 Å². The third-order valence-electron chi connectivity index (χ3n) is 11.6. The third-order valence-corrected chi connectivity index (χ3v) is 12.8. The Hall–Kier alpha value is -7.40. The maximum atomic E-state index is 6.21. The molecular weight excluding hydrogens is 725 g/mol. The minimum absolute atomic E-state index is 0.889. The van der Waals surface area contributed by atoms with Crippen LogP contribution in [0.3, 0.4) is 0 Å². The fraction of sp³-hybridized carbons (Fsp3) is 0. The van der Waals surface area contributed by atoms with E-state index in [-0.39, 0.29) is 0 Å². The Labute approximate surface area is 338 Å². The Kier molecular flexibility index (Phi) is 7.40. The Morgan fingerprint density at radius 3 is 1.86 bits per heavy atom. The first-order chi connectivity index (χ1) is 28.7. The van der Waals surface area contributed by atoms with Crippen molar-refractivity contribution in [3.05, 3.63) is 206 Å². The van der Waals surface area contributed by atoms with Crippen LogP contribution in [0.4, 0.5) is 17.1 Å². The van der Waals surface area contributed by atoms with Crippen molar-refractivity contribution in [2.24, 2.45) is 0 Å². The van der Waals surface area contributed by atoms with Crippen molar-refractivity contribution in [3.63, 3.8) is 0 Å². The molecule has 3 nitrogen and oxygen atoms in total. The van der Waals surface area contributed by atoms with Gasteiger partial charge < -0.3 is 13.9 Å². The highest BCUT2D eigenvalue weighted by atomic mass is 32.1. The van der Waals surface area contributed by atoms with Crippen molar-refractivity contribution < 1.29 is 4.42 Å². The molecule has 0 spiro atoms. The number of fused-ring (bicyclic) bond motifs is 9. The molecule has 0 saturated carbocycles. The van der Waals surface area contributed by atoms with E-state index in [2.05, 4.69) is 204 Å². The zero-order chi connectivity index (χ0) is 38.2. The lowest BCUT2D eigenvalue weighted by Gasteiger charge is -2.25. The average Bonchev–Trinajstić information content (AvgIpc) is 3.96. The highest BCUT2D eigenvalue weighted by Crippen LogP contribution is 2.45. The number of hydrogen-bond acceptors (Lipinski definition) is 3. The van der Waals surface area contributed by atoms with E-state index in [0.29, 0.717) is 0 Å². The molecule has 0 saturated heterocycles. The number of furan rings is 1. The Bertz CT molecular complexity index is 3500. The molecular formula is C54H34N2OS. The topological polar surface area (TPSA) is 21.3 Å². The molecule has 0 aliphatic carbocycles. The van der Waals surface area contributed by atoms with Crippen molar-refractivity contribution in [1.29, 1.82) is 0 Å². The van der Waals surface area contributed by atoms with Crippen LogP contribution in [-0.2, 0) is 0 Å². The first-order valence-corrected chi connectivity index (χ1v) is 20.5. The molecule has 58 heavy (non-hydrogen) atoms. The van der Waals surface area contributed by atoms with Gasteiger partial charge in [-0.3, -0.25) is 0 Å². The van der Waals surface area contributed by atoms with Crippen molar-refractivity contribution in [3.8, 4) is 27.9 Å². The fourth-order valence-corrected chi connectivity index (χ4v) is 10.1. The van der Waals surface area contributed by atoms with Gasteiger partial charge in [0.05, 0.1) is 11.0 Å². The molecule has 12 rings (SSSR count). The first-order valence-electron chi connectivity index (χ1n) is 19.7. The lowest BCUT2D eigenvalue weighted by molar-refractivity contribution is 0.669. The summed E-state index contributed by atoms with van der Waals surface area (Å²) in [5.41, 5.74) is 13.4. The lowest BCUT2D eigenvalue weighted by atomic mass is 10.0. The third kappa shape index (κ3) is 5.19. The summed E-state index contributed by atoms with van der Waals surface area (Å²) in [5.74, 6) is 0. The van der Waals surface area contributed by atoms with Gasteiger partial charge in [0.15, 0.2) is 0 Å². The van der Waals surface area contributed by atoms with Gasteiger partial charge in [0.2, 0.25) is 0 Å². The number of hydrogen-bond donors (Lipinski definition) is 0. The largest absolute Gasteiger partial charge is 0.456 e. The molecule has 3 aromatic heterocycles. The Morgan fingerprint density at radius 1 is 0.379 bits per heavy atom. The highest BCUT2D eigenvalue weighted by Gasteiger charge is 2.20. The molecule has 0 radical (unpaired) electrons. The summed E-state index contributed by atoms with van der Waals surface area (Å²) in [6.45, 7) is 0. The van der Waals surface area contributed by atoms with E-state index in [4.69, 9.17) is 4.42 Å². The molecule has 12 aromatic rings. The van der Waals surface area contributed by atoms with E-state index in [1.54, 1.807) is 0 Å². The van der Waals surface area contributed by atoms with Crippen LogP contribution in [0.25, 0.3) is 91.9 Å². The molecule has 4 heteroatoms. The van der Waals surface area contributed by atoms with Gasteiger partial charge in [0, 0.05) is 70.0 Å². The van der Waals surface area contributed by atoms with Gasteiger partial charge in [0.1, 0.15) is 11.2 Å². The van der Waals surface area contributed by atoms with Gasteiger partial charge in [-0.2, -0.15) is 0 Å². The summed E-state index contributed by atoms with van der Waals surface area (Å²) in [5, 5.41) is 7.29. The highest BCUT2D eigenvalue weighted by molar-refractivity contribution is 7.26. The zero-order valence-electron chi connectivity index (χ0n) is 31.3. The molecule has 0 amide bonds. The molecule has 0 aliphatic rings. The molecule has 0 fully saturated rings. The van der Waals surface area contributed by atoms with Gasteiger partial charge in [-0.05, 0) is 102 Å². The van der Waals surface area contributed by atoms with Gasteiger partial charge >= 0.3 is 0 Å². The van der Waals surface area contributed by atoms with Gasteiger partial charge in [-0.1, -0.05) is 121 Å². The van der Waals surface area contributed by atoms with E-state index in [1.165, 1.54) is 64.2 Å². The second kappa shape index (κ2) is 13.1. The predicted molar refractivity (Wildman–Crippen MR) is 247 cm³/mol. The van der Waals surface area contributed by atoms with Gasteiger partial charge in [-0.15, -0.1) is 11.3 Å². The SMILES string of the molecule is c1ccc(-c2ccc3c(c2)c2ccccc2n3-c2cc(-c3ccc(N(c4ccccc4)c4ccc5oc6ccccc6c5c4)cc3)c3sc4ccccc4c3c2)cc1. The van der Waals surface area contributed by atoms with Crippen LogP contribution in [0.1, 0.15) is 0 Å². The monoisotopic (exact) mass is 758 g/mol. The van der Waals surface area contributed by atoms with Gasteiger partial charge in [-0.25, -0.2) is 0 Å². The quantitative estimate of drug-likeness (QED) is 0.168. The summed E-state index contributed by atoms with van der Waals surface area (Å²) >= 11 is 1.87. The number of aromatic nitrogens is 1.